The summed E-state index contributed by atoms with van der Waals surface area (Å²) in [6.07, 6.45) is 3.41. The van der Waals surface area contributed by atoms with Crippen LogP contribution in [-0.2, 0) is 4.74 Å². The van der Waals surface area contributed by atoms with E-state index >= 15 is 0 Å². The highest BCUT2D eigenvalue weighted by atomic mass is 16.6. The highest BCUT2D eigenvalue weighted by molar-refractivity contribution is 5.93. The molecule has 0 saturated carbocycles. The number of aromatic nitrogens is 1. The second-order valence-electron chi connectivity index (χ2n) is 2.91. The first-order chi connectivity index (χ1) is 6.36. The SMILES string of the molecule is O=C(NC[C@H]1CO1)c1cccnc1. The number of ether oxygens (including phenoxy) is 1. The van der Waals surface area contributed by atoms with Crippen LogP contribution < -0.4 is 5.32 Å². The van der Waals surface area contributed by atoms with Crippen LogP contribution in [0.2, 0.25) is 0 Å². The lowest BCUT2D eigenvalue weighted by Gasteiger charge is -2.01. The van der Waals surface area contributed by atoms with Gasteiger partial charge in [0.1, 0.15) is 0 Å². The Morgan fingerprint density at radius 2 is 2.62 bits per heavy atom. The van der Waals surface area contributed by atoms with Gasteiger partial charge in [0.25, 0.3) is 5.91 Å². The molecule has 4 nitrogen and oxygen atoms in total. The maximum atomic E-state index is 11.4. The molecule has 1 aromatic rings. The van der Waals surface area contributed by atoms with Gasteiger partial charge >= 0.3 is 0 Å². The molecule has 4 heteroatoms. The van der Waals surface area contributed by atoms with Crippen molar-refractivity contribution in [2.75, 3.05) is 13.2 Å². The average molecular weight is 178 g/mol. The molecule has 1 aliphatic heterocycles. The van der Waals surface area contributed by atoms with E-state index in [1.807, 2.05) is 0 Å². The Labute approximate surface area is 75.9 Å². The van der Waals surface area contributed by atoms with Crippen molar-refractivity contribution >= 4 is 5.91 Å². The van der Waals surface area contributed by atoms with E-state index in [0.29, 0.717) is 12.1 Å². The van der Waals surface area contributed by atoms with Crippen LogP contribution in [0.3, 0.4) is 0 Å². The van der Waals surface area contributed by atoms with Gasteiger partial charge in [0.2, 0.25) is 0 Å². The molecule has 1 atom stereocenters. The summed E-state index contributed by atoms with van der Waals surface area (Å²) in [5.74, 6) is -0.0939. The standard InChI is InChI=1S/C9H10N2O2/c12-9(11-5-8-6-13-8)7-2-1-3-10-4-7/h1-4,8H,5-6H2,(H,11,12)/t8-/m0/s1. The molecule has 0 unspecified atom stereocenters. The van der Waals surface area contributed by atoms with Crippen molar-refractivity contribution in [1.82, 2.24) is 10.3 Å². The Kier molecular flexibility index (Phi) is 2.23. The smallest absolute Gasteiger partial charge is 0.252 e. The predicted molar refractivity (Wildman–Crippen MR) is 46.3 cm³/mol. The van der Waals surface area contributed by atoms with E-state index in [2.05, 4.69) is 10.3 Å². The van der Waals surface area contributed by atoms with Gasteiger partial charge in [-0.1, -0.05) is 0 Å². The molecule has 2 rings (SSSR count). The summed E-state index contributed by atoms with van der Waals surface area (Å²) in [7, 11) is 0. The summed E-state index contributed by atoms with van der Waals surface area (Å²) in [6, 6.07) is 3.47. The second-order valence-corrected chi connectivity index (χ2v) is 2.91. The van der Waals surface area contributed by atoms with Crippen molar-refractivity contribution in [3.63, 3.8) is 0 Å². The summed E-state index contributed by atoms with van der Waals surface area (Å²) in [5, 5.41) is 2.76. The van der Waals surface area contributed by atoms with E-state index in [9.17, 15) is 4.79 Å². The molecule has 1 fully saturated rings. The van der Waals surface area contributed by atoms with Crippen molar-refractivity contribution in [1.29, 1.82) is 0 Å². The number of nitrogens with one attached hydrogen (secondary N) is 1. The van der Waals surface area contributed by atoms with E-state index < -0.39 is 0 Å². The van der Waals surface area contributed by atoms with Crippen molar-refractivity contribution < 1.29 is 9.53 Å². The molecule has 1 saturated heterocycles. The number of hydrogen-bond donors (Lipinski definition) is 1. The minimum absolute atomic E-state index is 0.0939. The van der Waals surface area contributed by atoms with Crippen LogP contribution in [0.4, 0.5) is 0 Å². The van der Waals surface area contributed by atoms with Crippen LogP contribution >= 0.6 is 0 Å². The van der Waals surface area contributed by atoms with Gasteiger partial charge in [-0.05, 0) is 12.1 Å². The van der Waals surface area contributed by atoms with Gasteiger partial charge < -0.3 is 10.1 Å². The fourth-order valence-corrected chi connectivity index (χ4v) is 0.992. The number of carbonyl (C=O) groups excluding carboxylic acids is 1. The molecular formula is C9H10N2O2. The van der Waals surface area contributed by atoms with Crippen LogP contribution in [0.1, 0.15) is 10.4 Å². The van der Waals surface area contributed by atoms with Gasteiger partial charge in [0, 0.05) is 18.9 Å². The van der Waals surface area contributed by atoms with Gasteiger partial charge in [-0.3, -0.25) is 9.78 Å². The van der Waals surface area contributed by atoms with Gasteiger partial charge in [0.15, 0.2) is 0 Å². The molecule has 0 aromatic carbocycles. The third-order valence-corrected chi connectivity index (χ3v) is 1.82. The van der Waals surface area contributed by atoms with Gasteiger partial charge in [-0.25, -0.2) is 0 Å². The Bertz CT molecular complexity index is 296. The summed E-state index contributed by atoms with van der Waals surface area (Å²) < 4.78 is 4.96. The number of carbonyl (C=O) groups is 1. The Morgan fingerprint density at radius 1 is 1.77 bits per heavy atom. The lowest BCUT2D eigenvalue weighted by molar-refractivity contribution is 0.0950. The lowest BCUT2D eigenvalue weighted by Crippen LogP contribution is -2.27. The minimum atomic E-state index is -0.0939. The highest BCUT2D eigenvalue weighted by Gasteiger charge is 2.22. The third-order valence-electron chi connectivity index (χ3n) is 1.82. The Hall–Kier alpha value is -1.42. The average Bonchev–Trinajstić information content (AvgIpc) is 2.99. The molecule has 0 radical (unpaired) electrons. The van der Waals surface area contributed by atoms with Crippen molar-refractivity contribution in [2.24, 2.45) is 0 Å². The van der Waals surface area contributed by atoms with Crippen LogP contribution in [-0.4, -0.2) is 30.1 Å². The summed E-state index contributed by atoms with van der Waals surface area (Å²) >= 11 is 0. The van der Waals surface area contributed by atoms with E-state index in [-0.39, 0.29) is 12.0 Å². The Morgan fingerprint density at radius 3 is 3.23 bits per heavy atom. The molecule has 0 spiro atoms. The highest BCUT2D eigenvalue weighted by Crippen LogP contribution is 2.06. The zero-order valence-corrected chi connectivity index (χ0v) is 7.06. The first kappa shape index (κ1) is 8.19. The number of epoxide rings is 1. The molecule has 1 N–H and O–H groups in total. The summed E-state index contributed by atoms with van der Waals surface area (Å²) in [6.45, 7) is 1.35. The third kappa shape index (κ3) is 2.26. The maximum absolute atomic E-state index is 11.4. The number of amides is 1. The fourth-order valence-electron chi connectivity index (χ4n) is 0.992. The van der Waals surface area contributed by atoms with Crippen LogP contribution in [0, 0.1) is 0 Å². The van der Waals surface area contributed by atoms with Gasteiger partial charge in [-0.15, -0.1) is 0 Å². The quantitative estimate of drug-likeness (QED) is 0.673. The van der Waals surface area contributed by atoms with Crippen LogP contribution in [0.5, 0.6) is 0 Å². The largest absolute Gasteiger partial charge is 0.371 e. The van der Waals surface area contributed by atoms with Gasteiger partial charge in [-0.2, -0.15) is 0 Å². The maximum Gasteiger partial charge on any atom is 0.252 e. The molecule has 2 heterocycles. The van der Waals surface area contributed by atoms with Crippen molar-refractivity contribution in [2.45, 2.75) is 6.10 Å². The van der Waals surface area contributed by atoms with Crippen LogP contribution in [0.25, 0.3) is 0 Å². The van der Waals surface area contributed by atoms with E-state index in [1.165, 1.54) is 0 Å². The first-order valence-electron chi connectivity index (χ1n) is 4.16. The van der Waals surface area contributed by atoms with E-state index in [4.69, 9.17) is 4.74 Å². The molecule has 1 amide bonds. The second kappa shape index (κ2) is 3.53. The zero-order valence-electron chi connectivity index (χ0n) is 7.06. The van der Waals surface area contributed by atoms with E-state index in [1.54, 1.807) is 24.5 Å². The fraction of sp³-hybridized carbons (Fsp3) is 0.333. The number of rotatable bonds is 3. The topological polar surface area (TPSA) is 54.5 Å². The predicted octanol–water partition coefficient (Wildman–Crippen LogP) is 0.210. The first-order valence-corrected chi connectivity index (χ1v) is 4.16. The molecule has 1 aliphatic rings. The van der Waals surface area contributed by atoms with Crippen LogP contribution in [0.15, 0.2) is 24.5 Å². The van der Waals surface area contributed by atoms with Gasteiger partial charge in [0.05, 0.1) is 18.3 Å². The monoisotopic (exact) mass is 178 g/mol. The van der Waals surface area contributed by atoms with Crippen molar-refractivity contribution in [3.8, 4) is 0 Å². The molecule has 68 valence electrons. The Balaban J connectivity index is 1.89. The number of hydrogen-bond acceptors (Lipinski definition) is 3. The molecule has 0 aliphatic carbocycles. The normalized spacial score (nSPS) is 19.5. The molecule has 1 aromatic heterocycles. The summed E-state index contributed by atoms with van der Waals surface area (Å²) in [5.41, 5.74) is 0.586. The zero-order chi connectivity index (χ0) is 9.10. The number of pyridine rings is 1. The molecular weight excluding hydrogens is 168 g/mol. The lowest BCUT2D eigenvalue weighted by atomic mass is 10.2. The molecule has 13 heavy (non-hydrogen) atoms. The minimum Gasteiger partial charge on any atom is -0.371 e. The number of nitrogens with zero attached hydrogens (tertiary/aromatic N) is 1. The van der Waals surface area contributed by atoms with Crippen molar-refractivity contribution in [3.05, 3.63) is 30.1 Å². The summed E-state index contributed by atoms with van der Waals surface area (Å²) in [4.78, 5) is 15.2. The van der Waals surface area contributed by atoms with E-state index in [0.717, 1.165) is 6.61 Å². The molecule has 0 bridgehead atoms.